The van der Waals surface area contributed by atoms with Gasteiger partial charge in [0, 0.05) is 17.9 Å². The maximum atomic E-state index is 12.1. The SMILES string of the molecule is CSc1ccccc1NC(=O)C1CCC(=O)NC1. The van der Waals surface area contributed by atoms with Crippen molar-refractivity contribution in [1.82, 2.24) is 5.32 Å². The van der Waals surface area contributed by atoms with Crippen LogP contribution in [-0.2, 0) is 9.59 Å². The second-order valence-corrected chi connectivity index (χ2v) is 5.08. The van der Waals surface area contributed by atoms with E-state index in [1.165, 1.54) is 0 Å². The fraction of sp³-hybridized carbons (Fsp3) is 0.385. The molecule has 1 aromatic rings. The molecule has 0 aliphatic carbocycles. The van der Waals surface area contributed by atoms with Gasteiger partial charge >= 0.3 is 0 Å². The minimum absolute atomic E-state index is 0.0171. The summed E-state index contributed by atoms with van der Waals surface area (Å²) in [6.07, 6.45) is 3.03. The number of anilines is 1. The Morgan fingerprint density at radius 2 is 2.22 bits per heavy atom. The highest BCUT2D eigenvalue weighted by atomic mass is 32.2. The van der Waals surface area contributed by atoms with Gasteiger partial charge in [0.25, 0.3) is 0 Å². The van der Waals surface area contributed by atoms with E-state index >= 15 is 0 Å². The molecule has 0 bridgehead atoms. The van der Waals surface area contributed by atoms with Crippen LogP contribution in [0.2, 0.25) is 0 Å². The number of piperidine rings is 1. The molecular formula is C13H16N2O2S. The fourth-order valence-electron chi connectivity index (χ4n) is 1.94. The molecule has 1 heterocycles. The number of carbonyl (C=O) groups is 2. The molecule has 96 valence electrons. The van der Waals surface area contributed by atoms with Gasteiger partial charge in [-0.3, -0.25) is 9.59 Å². The topological polar surface area (TPSA) is 58.2 Å². The van der Waals surface area contributed by atoms with E-state index in [1.54, 1.807) is 11.8 Å². The highest BCUT2D eigenvalue weighted by Gasteiger charge is 2.24. The van der Waals surface area contributed by atoms with E-state index in [1.807, 2.05) is 30.5 Å². The van der Waals surface area contributed by atoms with Crippen molar-refractivity contribution in [2.24, 2.45) is 5.92 Å². The summed E-state index contributed by atoms with van der Waals surface area (Å²) in [5.41, 5.74) is 0.840. The van der Waals surface area contributed by atoms with E-state index in [9.17, 15) is 9.59 Å². The van der Waals surface area contributed by atoms with Crippen LogP contribution in [0.3, 0.4) is 0 Å². The van der Waals surface area contributed by atoms with E-state index in [0.29, 0.717) is 19.4 Å². The first-order chi connectivity index (χ1) is 8.70. The number of hydrogen-bond acceptors (Lipinski definition) is 3. The van der Waals surface area contributed by atoms with Crippen molar-refractivity contribution in [3.8, 4) is 0 Å². The molecule has 1 aliphatic heterocycles. The number of carbonyl (C=O) groups excluding carboxylic acids is 2. The van der Waals surface area contributed by atoms with Crippen molar-refractivity contribution in [3.05, 3.63) is 24.3 Å². The number of thioether (sulfide) groups is 1. The average molecular weight is 264 g/mol. The van der Waals surface area contributed by atoms with Crippen LogP contribution in [0, 0.1) is 5.92 Å². The summed E-state index contributed by atoms with van der Waals surface area (Å²) in [4.78, 5) is 24.2. The smallest absolute Gasteiger partial charge is 0.229 e. The van der Waals surface area contributed by atoms with Crippen LogP contribution in [0.5, 0.6) is 0 Å². The lowest BCUT2D eigenvalue weighted by Gasteiger charge is -2.22. The monoisotopic (exact) mass is 264 g/mol. The van der Waals surface area contributed by atoms with Crippen LogP contribution < -0.4 is 10.6 Å². The van der Waals surface area contributed by atoms with Gasteiger partial charge in [0.2, 0.25) is 11.8 Å². The molecule has 1 atom stereocenters. The number of rotatable bonds is 3. The van der Waals surface area contributed by atoms with Gasteiger partial charge in [0.15, 0.2) is 0 Å². The molecule has 0 saturated carbocycles. The second-order valence-electron chi connectivity index (χ2n) is 4.23. The summed E-state index contributed by atoms with van der Waals surface area (Å²) in [7, 11) is 0. The molecule has 4 nitrogen and oxygen atoms in total. The Labute approximate surface area is 111 Å². The summed E-state index contributed by atoms with van der Waals surface area (Å²) in [6.45, 7) is 0.437. The van der Waals surface area contributed by atoms with Gasteiger partial charge < -0.3 is 10.6 Å². The number of hydrogen-bond donors (Lipinski definition) is 2. The van der Waals surface area contributed by atoms with Crippen LogP contribution in [0.4, 0.5) is 5.69 Å². The van der Waals surface area contributed by atoms with Gasteiger partial charge in [-0.1, -0.05) is 12.1 Å². The van der Waals surface area contributed by atoms with Crippen LogP contribution in [0.1, 0.15) is 12.8 Å². The first kappa shape index (κ1) is 13.0. The highest BCUT2D eigenvalue weighted by Crippen LogP contribution is 2.25. The van der Waals surface area contributed by atoms with Crippen molar-refractivity contribution >= 4 is 29.3 Å². The Hall–Kier alpha value is -1.49. The van der Waals surface area contributed by atoms with Gasteiger partial charge in [-0.15, -0.1) is 11.8 Å². The van der Waals surface area contributed by atoms with Gasteiger partial charge in [0.1, 0.15) is 0 Å². The maximum Gasteiger partial charge on any atom is 0.229 e. The summed E-state index contributed by atoms with van der Waals surface area (Å²) in [5, 5.41) is 5.66. The third-order valence-corrected chi connectivity index (χ3v) is 3.80. The number of amides is 2. The molecule has 1 unspecified atom stereocenters. The molecule has 2 amide bonds. The molecule has 18 heavy (non-hydrogen) atoms. The molecule has 5 heteroatoms. The predicted molar refractivity (Wildman–Crippen MR) is 72.6 cm³/mol. The summed E-state index contributed by atoms with van der Waals surface area (Å²) >= 11 is 1.60. The van der Waals surface area contributed by atoms with Crippen molar-refractivity contribution < 1.29 is 9.59 Å². The lowest BCUT2D eigenvalue weighted by Crippen LogP contribution is -2.40. The normalized spacial score (nSPS) is 19.2. The molecule has 0 spiro atoms. The van der Waals surface area contributed by atoms with Gasteiger partial charge in [-0.2, -0.15) is 0 Å². The zero-order valence-electron chi connectivity index (χ0n) is 10.2. The van der Waals surface area contributed by atoms with Crippen LogP contribution in [0.15, 0.2) is 29.2 Å². The number of para-hydroxylation sites is 1. The fourth-order valence-corrected chi connectivity index (χ4v) is 2.49. The Kier molecular flexibility index (Phi) is 4.25. The molecule has 0 radical (unpaired) electrons. The van der Waals surface area contributed by atoms with Crippen molar-refractivity contribution in [2.75, 3.05) is 18.1 Å². The molecule has 1 fully saturated rings. The highest BCUT2D eigenvalue weighted by molar-refractivity contribution is 7.98. The van der Waals surface area contributed by atoms with E-state index in [4.69, 9.17) is 0 Å². The zero-order valence-corrected chi connectivity index (χ0v) is 11.0. The maximum absolute atomic E-state index is 12.1. The molecule has 0 aromatic heterocycles. The largest absolute Gasteiger partial charge is 0.355 e. The molecule has 1 aliphatic rings. The average Bonchev–Trinajstić information content (AvgIpc) is 2.40. The van der Waals surface area contributed by atoms with E-state index in [2.05, 4.69) is 10.6 Å². The standard InChI is InChI=1S/C13H16N2O2S/c1-18-11-5-3-2-4-10(11)15-13(17)9-6-7-12(16)14-8-9/h2-5,9H,6-8H2,1H3,(H,14,16)(H,15,17). The van der Waals surface area contributed by atoms with Crippen molar-refractivity contribution in [1.29, 1.82) is 0 Å². The summed E-state index contributed by atoms with van der Waals surface area (Å²) in [5.74, 6) is -0.113. The minimum Gasteiger partial charge on any atom is -0.355 e. The molecule has 1 saturated heterocycles. The van der Waals surface area contributed by atoms with Crippen molar-refractivity contribution in [2.45, 2.75) is 17.7 Å². The zero-order chi connectivity index (χ0) is 13.0. The van der Waals surface area contributed by atoms with Crippen molar-refractivity contribution in [3.63, 3.8) is 0 Å². The Bertz CT molecular complexity index is 452. The summed E-state index contributed by atoms with van der Waals surface area (Å²) < 4.78 is 0. The molecule has 2 rings (SSSR count). The third kappa shape index (κ3) is 3.04. The first-order valence-electron chi connectivity index (χ1n) is 5.91. The van der Waals surface area contributed by atoms with Crippen LogP contribution in [-0.4, -0.2) is 24.6 Å². The summed E-state index contributed by atoms with van der Waals surface area (Å²) in [6, 6.07) is 7.72. The van der Waals surface area contributed by atoms with Crippen LogP contribution in [0.25, 0.3) is 0 Å². The van der Waals surface area contributed by atoms with Gasteiger partial charge in [-0.25, -0.2) is 0 Å². The number of benzene rings is 1. The predicted octanol–water partition coefficient (Wildman–Crippen LogP) is 1.87. The molecule has 2 N–H and O–H groups in total. The minimum atomic E-state index is -0.127. The lowest BCUT2D eigenvalue weighted by atomic mass is 9.98. The Morgan fingerprint density at radius 3 is 2.89 bits per heavy atom. The first-order valence-corrected chi connectivity index (χ1v) is 7.13. The quantitative estimate of drug-likeness (QED) is 0.819. The molecule has 1 aromatic carbocycles. The van der Waals surface area contributed by atoms with Crippen LogP contribution >= 0.6 is 11.8 Å². The number of nitrogens with one attached hydrogen (secondary N) is 2. The van der Waals surface area contributed by atoms with E-state index in [-0.39, 0.29) is 17.7 Å². The third-order valence-electron chi connectivity index (χ3n) is 3.00. The van der Waals surface area contributed by atoms with Gasteiger partial charge in [-0.05, 0) is 24.8 Å². The Balaban J connectivity index is 2.00. The molecular weight excluding hydrogens is 248 g/mol. The Morgan fingerprint density at radius 1 is 1.44 bits per heavy atom. The van der Waals surface area contributed by atoms with E-state index in [0.717, 1.165) is 10.6 Å². The lowest BCUT2D eigenvalue weighted by molar-refractivity contribution is -0.126. The van der Waals surface area contributed by atoms with E-state index < -0.39 is 0 Å². The second kappa shape index (κ2) is 5.91. The van der Waals surface area contributed by atoms with Gasteiger partial charge in [0.05, 0.1) is 11.6 Å².